The van der Waals surface area contributed by atoms with E-state index in [1.807, 2.05) is 13.8 Å². The highest BCUT2D eigenvalue weighted by atomic mass is 32.1. The predicted molar refractivity (Wildman–Crippen MR) is 67.8 cm³/mol. The van der Waals surface area contributed by atoms with E-state index >= 15 is 0 Å². The van der Waals surface area contributed by atoms with Gasteiger partial charge in [0.05, 0.1) is 0 Å². The van der Waals surface area contributed by atoms with E-state index in [2.05, 4.69) is 35.1 Å². The maximum absolute atomic E-state index is 5.53. The Labute approximate surface area is 100 Å². The first kappa shape index (κ1) is 11.4. The molecule has 16 heavy (non-hydrogen) atoms. The third-order valence-electron chi connectivity index (χ3n) is 2.74. The Balaban J connectivity index is 1.98. The van der Waals surface area contributed by atoms with Gasteiger partial charge in [-0.15, -0.1) is 0 Å². The molecule has 0 saturated carbocycles. The first-order valence-electron chi connectivity index (χ1n) is 5.48. The van der Waals surface area contributed by atoms with E-state index in [0.29, 0.717) is 6.04 Å². The Morgan fingerprint density at radius 3 is 2.81 bits per heavy atom. The van der Waals surface area contributed by atoms with E-state index in [0.717, 1.165) is 18.1 Å². The lowest BCUT2D eigenvalue weighted by Crippen LogP contribution is -2.17. The summed E-state index contributed by atoms with van der Waals surface area (Å²) in [5.41, 5.74) is 2.60. The summed E-state index contributed by atoms with van der Waals surface area (Å²) >= 11 is 1.74. The molecule has 0 fully saturated rings. The van der Waals surface area contributed by atoms with Crippen LogP contribution >= 0.6 is 11.3 Å². The molecule has 1 unspecified atom stereocenters. The van der Waals surface area contributed by atoms with Crippen LogP contribution in [0.5, 0.6) is 0 Å². The summed E-state index contributed by atoms with van der Waals surface area (Å²) in [6, 6.07) is 4.59. The fourth-order valence-corrected chi connectivity index (χ4v) is 2.52. The van der Waals surface area contributed by atoms with Crippen molar-refractivity contribution in [2.24, 2.45) is 0 Å². The molecule has 2 aromatic rings. The third kappa shape index (κ3) is 2.54. The SMILES string of the molecule is Cc1cc(C(C)NCc2ccsc2)c(C)o1. The second-order valence-electron chi connectivity index (χ2n) is 4.10. The van der Waals surface area contributed by atoms with Gasteiger partial charge in [0.15, 0.2) is 0 Å². The van der Waals surface area contributed by atoms with E-state index in [1.165, 1.54) is 11.1 Å². The molecule has 0 aliphatic carbocycles. The van der Waals surface area contributed by atoms with Gasteiger partial charge in [0.1, 0.15) is 11.5 Å². The monoisotopic (exact) mass is 235 g/mol. The van der Waals surface area contributed by atoms with Crippen molar-refractivity contribution in [1.82, 2.24) is 5.32 Å². The normalized spacial score (nSPS) is 12.9. The fraction of sp³-hybridized carbons (Fsp3) is 0.385. The van der Waals surface area contributed by atoms with Gasteiger partial charge in [-0.25, -0.2) is 0 Å². The van der Waals surface area contributed by atoms with Gasteiger partial charge in [0.2, 0.25) is 0 Å². The molecule has 0 aromatic carbocycles. The average Bonchev–Trinajstić information content (AvgIpc) is 2.84. The van der Waals surface area contributed by atoms with Crippen LogP contribution < -0.4 is 5.32 Å². The summed E-state index contributed by atoms with van der Waals surface area (Å²) in [6.07, 6.45) is 0. The molecule has 1 N–H and O–H groups in total. The van der Waals surface area contributed by atoms with E-state index in [4.69, 9.17) is 4.42 Å². The average molecular weight is 235 g/mol. The summed E-state index contributed by atoms with van der Waals surface area (Å²) in [6.45, 7) is 7.09. The van der Waals surface area contributed by atoms with Crippen molar-refractivity contribution in [2.45, 2.75) is 33.4 Å². The molecule has 0 radical (unpaired) electrons. The van der Waals surface area contributed by atoms with Gasteiger partial charge in [0, 0.05) is 18.2 Å². The van der Waals surface area contributed by atoms with Crippen molar-refractivity contribution in [3.8, 4) is 0 Å². The molecule has 86 valence electrons. The molecule has 0 bridgehead atoms. The van der Waals surface area contributed by atoms with Crippen LogP contribution in [0.25, 0.3) is 0 Å². The van der Waals surface area contributed by atoms with Crippen LogP contribution in [0.3, 0.4) is 0 Å². The topological polar surface area (TPSA) is 25.2 Å². The number of thiophene rings is 1. The Morgan fingerprint density at radius 1 is 1.44 bits per heavy atom. The van der Waals surface area contributed by atoms with Crippen molar-refractivity contribution >= 4 is 11.3 Å². The molecule has 0 saturated heterocycles. The molecule has 3 heteroatoms. The first-order chi connectivity index (χ1) is 7.66. The molecule has 2 nitrogen and oxygen atoms in total. The lowest BCUT2D eigenvalue weighted by atomic mass is 10.1. The van der Waals surface area contributed by atoms with Crippen LogP contribution in [0, 0.1) is 13.8 Å². The minimum absolute atomic E-state index is 0.331. The van der Waals surface area contributed by atoms with Crippen molar-refractivity contribution in [3.05, 3.63) is 45.5 Å². The third-order valence-corrected chi connectivity index (χ3v) is 3.47. The standard InChI is InChI=1S/C13H17NOS/c1-9-6-13(11(3)15-9)10(2)14-7-12-4-5-16-8-12/h4-6,8,10,14H,7H2,1-3H3. The van der Waals surface area contributed by atoms with E-state index in [-0.39, 0.29) is 0 Å². The molecule has 2 aromatic heterocycles. The van der Waals surface area contributed by atoms with Crippen LogP contribution in [0.2, 0.25) is 0 Å². The van der Waals surface area contributed by atoms with Crippen molar-refractivity contribution in [2.75, 3.05) is 0 Å². The zero-order valence-corrected chi connectivity index (χ0v) is 10.7. The minimum atomic E-state index is 0.331. The number of hydrogen-bond donors (Lipinski definition) is 1. The lowest BCUT2D eigenvalue weighted by Gasteiger charge is -2.12. The minimum Gasteiger partial charge on any atom is -0.466 e. The Morgan fingerprint density at radius 2 is 2.25 bits per heavy atom. The maximum atomic E-state index is 5.53. The number of nitrogens with one attached hydrogen (secondary N) is 1. The van der Waals surface area contributed by atoms with Crippen LogP contribution in [-0.2, 0) is 6.54 Å². The van der Waals surface area contributed by atoms with Gasteiger partial charge in [-0.2, -0.15) is 11.3 Å². The molecule has 1 atom stereocenters. The fourth-order valence-electron chi connectivity index (χ4n) is 1.85. The number of rotatable bonds is 4. The molecule has 0 aliphatic heterocycles. The Kier molecular flexibility index (Phi) is 3.46. The largest absolute Gasteiger partial charge is 0.466 e. The summed E-state index contributed by atoms with van der Waals surface area (Å²) in [5.74, 6) is 2.00. The summed E-state index contributed by atoms with van der Waals surface area (Å²) in [4.78, 5) is 0. The van der Waals surface area contributed by atoms with Crippen LogP contribution in [0.4, 0.5) is 0 Å². The van der Waals surface area contributed by atoms with Gasteiger partial charge in [-0.1, -0.05) is 0 Å². The molecule has 0 aliphatic rings. The highest BCUT2D eigenvalue weighted by molar-refractivity contribution is 7.07. The smallest absolute Gasteiger partial charge is 0.105 e. The van der Waals surface area contributed by atoms with Crippen molar-refractivity contribution < 1.29 is 4.42 Å². The molecule has 0 spiro atoms. The lowest BCUT2D eigenvalue weighted by molar-refractivity contribution is 0.490. The van der Waals surface area contributed by atoms with Gasteiger partial charge in [-0.3, -0.25) is 0 Å². The van der Waals surface area contributed by atoms with E-state index in [9.17, 15) is 0 Å². The maximum Gasteiger partial charge on any atom is 0.105 e. The number of furan rings is 1. The first-order valence-corrected chi connectivity index (χ1v) is 6.42. The number of hydrogen-bond acceptors (Lipinski definition) is 3. The van der Waals surface area contributed by atoms with Gasteiger partial charge in [0.25, 0.3) is 0 Å². The van der Waals surface area contributed by atoms with Gasteiger partial charge >= 0.3 is 0 Å². The van der Waals surface area contributed by atoms with Crippen LogP contribution in [0.1, 0.15) is 35.6 Å². The van der Waals surface area contributed by atoms with Crippen molar-refractivity contribution in [1.29, 1.82) is 0 Å². The zero-order valence-electron chi connectivity index (χ0n) is 9.91. The summed E-state index contributed by atoms with van der Waals surface area (Å²) in [7, 11) is 0. The highest BCUT2D eigenvalue weighted by Gasteiger charge is 2.11. The molecule has 2 rings (SSSR count). The Hall–Kier alpha value is -1.06. The van der Waals surface area contributed by atoms with Crippen molar-refractivity contribution in [3.63, 3.8) is 0 Å². The predicted octanol–water partition coefficient (Wildman–Crippen LogP) is 3.81. The van der Waals surface area contributed by atoms with Gasteiger partial charge in [-0.05, 0) is 49.2 Å². The molecular weight excluding hydrogens is 218 g/mol. The van der Waals surface area contributed by atoms with Gasteiger partial charge < -0.3 is 9.73 Å². The zero-order chi connectivity index (χ0) is 11.5. The van der Waals surface area contributed by atoms with E-state index in [1.54, 1.807) is 11.3 Å². The second-order valence-corrected chi connectivity index (χ2v) is 4.88. The highest BCUT2D eigenvalue weighted by Crippen LogP contribution is 2.21. The van der Waals surface area contributed by atoms with Crippen LogP contribution in [-0.4, -0.2) is 0 Å². The van der Waals surface area contributed by atoms with E-state index < -0.39 is 0 Å². The molecular formula is C13H17NOS. The molecule has 0 amide bonds. The quantitative estimate of drug-likeness (QED) is 0.871. The summed E-state index contributed by atoms with van der Waals surface area (Å²) < 4.78 is 5.53. The Bertz CT molecular complexity index is 444. The van der Waals surface area contributed by atoms with Crippen LogP contribution in [0.15, 0.2) is 27.3 Å². The molecule has 2 heterocycles. The summed E-state index contributed by atoms with van der Waals surface area (Å²) in [5, 5.41) is 7.78. The second kappa shape index (κ2) is 4.85. The number of aryl methyl sites for hydroxylation is 2.